The van der Waals surface area contributed by atoms with E-state index in [1.54, 1.807) is 91.9 Å². The molecule has 7 aromatic rings. The average Bonchev–Trinajstić information content (AvgIpc) is 1.09. The van der Waals surface area contributed by atoms with Crippen LogP contribution in [-0.2, 0) is 92.6 Å². The number of benzene rings is 7. The Morgan fingerprint density at radius 3 is 1.45 bits per heavy atom. The number of rotatable bonds is 29. The van der Waals surface area contributed by atoms with Gasteiger partial charge in [0.15, 0.2) is 31.3 Å². The SMILES string of the molecule is CCC1OC(OC2C(CC)OC(OC3C(OC(=O)c4ccccc4)C(NC(=O)OCc4ccccc4)CC(NC(=O)OCc4ccccc4)C3OC3OC4COC(c5ccccc5)OC4C(O)C3C)C2OCCNCCc2ccccc2)C(NC(=O)OCc2ccccc2)C(OC(=O)c2ccccc2)C1C. The van der Waals surface area contributed by atoms with Crippen molar-refractivity contribution in [3.63, 3.8) is 0 Å². The molecule has 0 bridgehead atoms. The van der Waals surface area contributed by atoms with Crippen LogP contribution in [-0.4, -0.2) is 166 Å². The molecule has 562 valence electrons. The molecular weight excluding hydrogens is 1360 g/mol. The van der Waals surface area contributed by atoms with Gasteiger partial charge < -0.3 is 92.7 Å². The number of amides is 3. The second kappa shape index (κ2) is 37.9. The van der Waals surface area contributed by atoms with Crippen LogP contribution in [0.25, 0.3) is 0 Å². The van der Waals surface area contributed by atoms with Crippen LogP contribution in [0.3, 0.4) is 0 Å². The van der Waals surface area contributed by atoms with E-state index in [0.717, 1.165) is 16.7 Å². The molecule has 3 amide bonds. The Morgan fingerprint density at radius 1 is 0.453 bits per heavy atom. The minimum Gasteiger partial charge on any atom is -0.456 e. The Kier molecular flexibility index (Phi) is 27.3. The molecule has 20 atom stereocenters. The van der Waals surface area contributed by atoms with E-state index >= 15 is 4.79 Å². The van der Waals surface area contributed by atoms with Crippen molar-refractivity contribution in [3.8, 4) is 0 Å². The molecule has 106 heavy (non-hydrogen) atoms. The maximum Gasteiger partial charge on any atom is 0.407 e. The molecule has 20 unspecified atom stereocenters. The first-order chi connectivity index (χ1) is 51.8. The molecule has 4 heterocycles. The van der Waals surface area contributed by atoms with E-state index in [9.17, 15) is 24.3 Å². The number of nitrogens with one attached hydrogen (secondary N) is 4. The molecule has 5 aliphatic rings. The zero-order valence-corrected chi connectivity index (χ0v) is 59.7. The van der Waals surface area contributed by atoms with Gasteiger partial charge in [0.1, 0.15) is 68.6 Å². The van der Waals surface area contributed by atoms with Crippen molar-refractivity contribution in [2.75, 3.05) is 26.3 Å². The summed E-state index contributed by atoms with van der Waals surface area (Å²) in [5.41, 5.74) is 4.38. The number of alkyl carbamates (subject to hydrolysis) is 3. The van der Waals surface area contributed by atoms with Crippen LogP contribution < -0.4 is 21.3 Å². The summed E-state index contributed by atoms with van der Waals surface area (Å²) >= 11 is 0. The molecule has 1 aliphatic carbocycles. The second-order valence-electron chi connectivity index (χ2n) is 27.0. The van der Waals surface area contributed by atoms with Crippen LogP contribution in [0.2, 0.25) is 0 Å². The average molecular weight is 1460 g/mol. The standard InChI is InChI=1S/C82H94N4O20/c1-5-62-51(3)67(101-74(88)57-36-22-11-23-37-57)65(86-82(92)97-49-56-34-20-10-21-35-56)78(98-62)105-71-63(6-2)99-79(73(71)93-45-44-83-43-42-53-28-14-7-15-29-53)106-72-68(102-75(89)58-38-24-12-25-39-58)60(84-80(90)95-47-54-30-16-8-17-31-54)46-61(85-81(91)96-48-55-32-18-9-19-33-55)69(72)103-76-52(4)66(87)70-64(100-76)50-94-77(104-70)59-40-26-13-27-41-59/h7-41,51-52,60-73,76-79,83,87H,5-6,42-50H2,1-4H3,(H,84,90)(H,85,91)(H,86,92). The van der Waals surface area contributed by atoms with Crippen molar-refractivity contribution in [2.45, 2.75) is 184 Å². The van der Waals surface area contributed by atoms with E-state index in [0.29, 0.717) is 37.1 Å². The summed E-state index contributed by atoms with van der Waals surface area (Å²) in [5.74, 6) is -2.87. The lowest BCUT2D eigenvalue weighted by atomic mass is 9.82. The number of aliphatic hydroxyl groups is 1. The Morgan fingerprint density at radius 2 is 0.915 bits per heavy atom. The van der Waals surface area contributed by atoms with Gasteiger partial charge in [-0.1, -0.05) is 216 Å². The van der Waals surface area contributed by atoms with Crippen molar-refractivity contribution in [2.24, 2.45) is 11.8 Å². The van der Waals surface area contributed by atoms with Gasteiger partial charge in [0.2, 0.25) is 0 Å². The van der Waals surface area contributed by atoms with Gasteiger partial charge in [0, 0.05) is 23.9 Å². The summed E-state index contributed by atoms with van der Waals surface area (Å²) in [4.78, 5) is 72.8. The van der Waals surface area contributed by atoms with Crippen molar-refractivity contribution < 1.29 is 95.4 Å². The number of hydrogen-bond donors (Lipinski definition) is 5. The Hall–Kier alpha value is -9.15. The topological polar surface area (TPSA) is 283 Å². The normalized spacial score (nSPS) is 29.1. The van der Waals surface area contributed by atoms with E-state index < -0.39 is 152 Å². The van der Waals surface area contributed by atoms with Crippen molar-refractivity contribution in [1.82, 2.24) is 21.3 Å². The Bertz CT molecular complexity index is 3860. The van der Waals surface area contributed by atoms with Gasteiger partial charge in [-0.2, -0.15) is 0 Å². The number of carbonyl (C=O) groups excluding carboxylic acids is 5. The fourth-order valence-corrected chi connectivity index (χ4v) is 14.1. The molecule has 4 saturated heterocycles. The first-order valence-electron chi connectivity index (χ1n) is 36.5. The molecule has 7 aromatic carbocycles. The number of esters is 2. The van der Waals surface area contributed by atoms with Gasteiger partial charge in [0.05, 0.1) is 54.7 Å². The molecule has 4 aliphatic heterocycles. The fourth-order valence-electron chi connectivity index (χ4n) is 14.1. The lowest BCUT2D eigenvalue weighted by molar-refractivity contribution is -0.366. The smallest absolute Gasteiger partial charge is 0.407 e. The third-order valence-corrected chi connectivity index (χ3v) is 19.8. The highest BCUT2D eigenvalue weighted by Gasteiger charge is 2.59. The highest BCUT2D eigenvalue weighted by Crippen LogP contribution is 2.42. The summed E-state index contributed by atoms with van der Waals surface area (Å²) in [6, 6.07) is 59.7. The number of hydrogen-bond acceptors (Lipinski definition) is 21. The van der Waals surface area contributed by atoms with Crippen molar-refractivity contribution >= 4 is 30.2 Å². The molecule has 0 aromatic heterocycles. The third kappa shape index (κ3) is 20.1. The van der Waals surface area contributed by atoms with Crippen molar-refractivity contribution in [3.05, 3.63) is 251 Å². The number of carbonyl (C=O) groups is 5. The van der Waals surface area contributed by atoms with Gasteiger partial charge in [-0.3, -0.25) is 0 Å². The lowest BCUT2D eigenvalue weighted by Gasteiger charge is -2.51. The van der Waals surface area contributed by atoms with E-state index in [1.807, 2.05) is 148 Å². The molecule has 24 nitrogen and oxygen atoms in total. The van der Waals surface area contributed by atoms with Crippen LogP contribution in [0.5, 0.6) is 0 Å². The molecule has 12 rings (SSSR count). The molecular formula is C82H94N4O20. The summed E-state index contributed by atoms with van der Waals surface area (Å²) in [6.07, 6.45) is -19.2. The van der Waals surface area contributed by atoms with Crippen molar-refractivity contribution in [1.29, 1.82) is 0 Å². The highest BCUT2D eigenvalue weighted by molar-refractivity contribution is 5.90. The number of fused-ring (bicyclic) bond motifs is 1. The summed E-state index contributed by atoms with van der Waals surface area (Å²) in [7, 11) is 0. The quantitative estimate of drug-likeness (QED) is 0.0165. The fraction of sp³-hybridized carbons (Fsp3) is 0.427. The van der Waals surface area contributed by atoms with E-state index in [4.69, 9.17) is 66.3 Å². The Balaban J connectivity index is 0.933. The largest absolute Gasteiger partial charge is 0.456 e. The maximum atomic E-state index is 15.0. The van der Waals surface area contributed by atoms with Crippen LogP contribution in [0.15, 0.2) is 212 Å². The third-order valence-electron chi connectivity index (χ3n) is 19.8. The zero-order chi connectivity index (χ0) is 73.7. The first-order valence-corrected chi connectivity index (χ1v) is 36.5. The maximum absolute atomic E-state index is 15.0. The minimum atomic E-state index is -1.62. The van der Waals surface area contributed by atoms with Gasteiger partial charge in [-0.15, -0.1) is 0 Å². The first kappa shape index (κ1) is 76.5. The molecule has 5 N–H and O–H groups in total. The van der Waals surface area contributed by atoms with E-state index in [2.05, 4.69) is 21.3 Å². The molecule has 1 saturated carbocycles. The van der Waals surface area contributed by atoms with Crippen LogP contribution in [0, 0.1) is 11.8 Å². The predicted molar refractivity (Wildman–Crippen MR) is 385 cm³/mol. The second-order valence-corrected chi connectivity index (χ2v) is 27.0. The van der Waals surface area contributed by atoms with Crippen LogP contribution in [0.1, 0.15) is 102 Å². The monoisotopic (exact) mass is 1450 g/mol. The lowest BCUT2D eigenvalue weighted by Crippen LogP contribution is -2.69. The molecule has 0 spiro atoms. The van der Waals surface area contributed by atoms with Crippen LogP contribution in [0.4, 0.5) is 14.4 Å². The molecule has 24 heteroatoms. The molecule has 5 fully saturated rings. The predicted octanol–water partition coefficient (Wildman–Crippen LogP) is 10.8. The minimum absolute atomic E-state index is 0.0267. The number of ether oxygens (including phenoxy) is 14. The Labute approximate surface area is 617 Å². The van der Waals surface area contributed by atoms with Gasteiger partial charge in [-0.05, 0) is 78.7 Å². The summed E-state index contributed by atoms with van der Waals surface area (Å²) in [6.45, 7) is 7.94. The van der Waals surface area contributed by atoms with Gasteiger partial charge >= 0.3 is 30.2 Å². The summed E-state index contributed by atoms with van der Waals surface area (Å²) < 4.78 is 93.6. The van der Waals surface area contributed by atoms with E-state index in [-0.39, 0.29) is 57.0 Å². The van der Waals surface area contributed by atoms with Gasteiger partial charge in [0.25, 0.3) is 0 Å². The highest BCUT2D eigenvalue weighted by atomic mass is 16.8. The summed E-state index contributed by atoms with van der Waals surface area (Å²) in [5, 5.41) is 24.9. The zero-order valence-electron chi connectivity index (χ0n) is 59.7. The molecule has 0 radical (unpaired) electrons. The van der Waals surface area contributed by atoms with Gasteiger partial charge in [-0.25, -0.2) is 24.0 Å². The van der Waals surface area contributed by atoms with Crippen LogP contribution >= 0.6 is 0 Å². The van der Waals surface area contributed by atoms with E-state index in [1.165, 1.54) is 0 Å². The number of aliphatic hydroxyl groups excluding tert-OH is 1.